The third kappa shape index (κ3) is 4.13. The van der Waals surface area contributed by atoms with Crippen LogP contribution in [-0.2, 0) is 14.3 Å². The van der Waals surface area contributed by atoms with Crippen molar-refractivity contribution in [2.45, 2.75) is 32.3 Å². The predicted molar refractivity (Wildman–Crippen MR) is 77.0 cm³/mol. The largest absolute Gasteiger partial charge is 0.452 e. The summed E-state index contributed by atoms with van der Waals surface area (Å²) in [6.07, 6.45) is 4.89. The Balaban J connectivity index is 1.93. The highest BCUT2D eigenvalue weighted by Crippen LogP contribution is 2.21. The van der Waals surface area contributed by atoms with Gasteiger partial charge in [0.05, 0.1) is 11.6 Å². The fourth-order valence-electron chi connectivity index (χ4n) is 2.16. The molecule has 1 aromatic carbocycles. The molecule has 0 aliphatic heterocycles. The van der Waals surface area contributed by atoms with E-state index < -0.39 is 29.6 Å². The summed E-state index contributed by atoms with van der Waals surface area (Å²) >= 11 is 0. The zero-order chi connectivity index (χ0) is 16.1. The molecule has 4 nitrogen and oxygen atoms in total. The van der Waals surface area contributed by atoms with Gasteiger partial charge in [-0.1, -0.05) is 12.2 Å². The first-order chi connectivity index (χ1) is 10.5. The van der Waals surface area contributed by atoms with E-state index in [1.807, 2.05) is 12.2 Å². The number of amides is 1. The zero-order valence-electron chi connectivity index (χ0n) is 12.1. The van der Waals surface area contributed by atoms with Crippen molar-refractivity contribution >= 4 is 17.6 Å². The van der Waals surface area contributed by atoms with Crippen molar-refractivity contribution in [3.63, 3.8) is 0 Å². The molecular weight excluding hydrogens is 292 g/mol. The van der Waals surface area contributed by atoms with Gasteiger partial charge >= 0.3 is 5.97 Å². The third-order valence-electron chi connectivity index (χ3n) is 3.45. The number of anilines is 1. The van der Waals surface area contributed by atoms with Crippen LogP contribution in [0.2, 0.25) is 0 Å². The molecule has 0 fully saturated rings. The van der Waals surface area contributed by atoms with Crippen LogP contribution in [0.25, 0.3) is 0 Å². The van der Waals surface area contributed by atoms with Crippen molar-refractivity contribution in [1.29, 1.82) is 0 Å². The molecule has 0 aromatic heterocycles. The average Bonchev–Trinajstić information content (AvgIpc) is 2.51. The number of allylic oxidation sites excluding steroid dienone is 2. The third-order valence-corrected chi connectivity index (χ3v) is 3.45. The Kier molecular flexibility index (Phi) is 5.25. The van der Waals surface area contributed by atoms with E-state index in [4.69, 9.17) is 4.74 Å². The molecule has 0 bridgehead atoms. The molecule has 1 N–H and O–H groups in total. The van der Waals surface area contributed by atoms with Gasteiger partial charge in [0.25, 0.3) is 5.91 Å². The molecule has 1 aliphatic rings. The van der Waals surface area contributed by atoms with Crippen LogP contribution in [0.4, 0.5) is 14.5 Å². The van der Waals surface area contributed by atoms with Crippen LogP contribution in [0.1, 0.15) is 26.2 Å². The first-order valence-electron chi connectivity index (χ1n) is 7.09. The van der Waals surface area contributed by atoms with Crippen molar-refractivity contribution in [3.05, 3.63) is 42.0 Å². The van der Waals surface area contributed by atoms with Crippen molar-refractivity contribution in [2.75, 3.05) is 5.32 Å². The highest BCUT2D eigenvalue weighted by atomic mass is 19.1. The summed E-state index contributed by atoms with van der Waals surface area (Å²) in [5, 5.41) is 2.21. The number of ether oxygens (including phenoxy) is 1. The quantitative estimate of drug-likeness (QED) is 0.686. The van der Waals surface area contributed by atoms with Gasteiger partial charge in [0.15, 0.2) is 6.10 Å². The number of hydrogen-bond acceptors (Lipinski definition) is 3. The second kappa shape index (κ2) is 7.15. The van der Waals surface area contributed by atoms with Crippen LogP contribution in [0.3, 0.4) is 0 Å². The van der Waals surface area contributed by atoms with Crippen molar-refractivity contribution in [3.8, 4) is 0 Å². The first kappa shape index (κ1) is 16.1. The maximum Gasteiger partial charge on any atom is 0.310 e. The minimum absolute atomic E-state index is 0.258. The maximum atomic E-state index is 13.4. The Morgan fingerprint density at radius 1 is 1.32 bits per heavy atom. The molecule has 1 amide bonds. The van der Waals surface area contributed by atoms with Gasteiger partial charge in [-0.3, -0.25) is 9.59 Å². The SMILES string of the molecule is C[C@@H](OC(=O)[C@@H]1CC=CCC1)C(=O)Nc1cc(F)ccc1F. The van der Waals surface area contributed by atoms with Crippen LogP contribution in [0.15, 0.2) is 30.4 Å². The molecule has 22 heavy (non-hydrogen) atoms. The zero-order valence-corrected chi connectivity index (χ0v) is 12.1. The van der Waals surface area contributed by atoms with Gasteiger partial charge in [0.2, 0.25) is 0 Å². The summed E-state index contributed by atoms with van der Waals surface area (Å²) in [5.74, 6) is -2.84. The molecule has 1 aliphatic carbocycles. The molecule has 0 heterocycles. The Morgan fingerprint density at radius 3 is 2.77 bits per heavy atom. The van der Waals surface area contributed by atoms with E-state index in [9.17, 15) is 18.4 Å². The van der Waals surface area contributed by atoms with Crippen LogP contribution in [0.5, 0.6) is 0 Å². The highest BCUT2D eigenvalue weighted by Gasteiger charge is 2.25. The number of halogens is 2. The molecular formula is C16H17F2NO3. The molecule has 2 rings (SSSR count). The van der Waals surface area contributed by atoms with Crippen molar-refractivity contribution in [2.24, 2.45) is 5.92 Å². The lowest BCUT2D eigenvalue weighted by atomic mass is 9.95. The summed E-state index contributed by atoms with van der Waals surface area (Å²) in [4.78, 5) is 23.8. The number of benzene rings is 1. The fourth-order valence-corrected chi connectivity index (χ4v) is 2.16. The topological polar surface area (TPSA) is 55.4 Å². The molecule has 1 aromatic rings. The van der Waals surface area contributed by atoms with Gasteiger partial charge in [0, 0.05) is 6.07 Å². The molecule has 2 atom stereocenters. The normalized spacial score (nSPS) is 18.6. The standard InChI is InChI=1S/C16H17F2NO3/c1-10(22-16(21)11-5-3-2-4-6-11)15(20)19-14-9-12(17)7-8-13(14)18/h2-3,7-11H,4-6H2,1H3,(H,19,20)/t10-,11-/m1/s1. The summed E-state index contributed by atoms with van der Waals surface area (Å²) in [7, 11) is 0. The number of rotatable bonds is 4. The Bertz CT molecular complexity index is 601. The minimum atomic E-state index is -1.08. The molecule has 0 radical (unpaired) electrons. The highest BCUT2D eigenvalue weighted by molar-refractivity contribution is 5.95. The van der Waals surface area contributed by atoms with Gasteiger partial charge in [0.1, 0.15) is 11.6 Å². The predicted octanol–water partition coefficient (Wildman–Crippen LogP) is 3.19. The summed E-state index contributed by atoms with van der Waals surface area (Å²) in [5.41, 5.74) is -0.284. The van der Waals surface area contributed by atoms with Gasteiger partial charge < -0.3 is 10.1 Å². The van der Waals surface area contributed by atoms with Gasteiger partial charge in [-0.05, 0) is 38.3 Å². The van der Waals surface area contributed by atoms with E-state index in [-0.39, 0.29) is 11.6 Å². The molecule has 0 spiro atoms. The van der Waals surface area contributed by atoms with Gasteiger partial charge in [-0.15, -0.1) is 0 Å². The van der Waals surface area contributed by atoms with Crippen molar-refractivity contribution in [1.82, 2.24) is 0 Å². The monoisotopic (exact) mass is 309 g/mol. The number of hydrogen-bond donors (Lipinski definition) is 1. The lowest BCUT2D eigenvalue weighted by Crippen LogP contribution is -2.32. The molecule has 6 heteroatoms. The lowest BCUT2D eigenvalue weighted by Gasteiger charge is -2.19. The maximum absolute atomic E-state index is 13.4. The second-order valence-corrected chi connectivity index (χ2v) is 5.17. The van der Waals surface area contributed by atoms with Gasteiger partial charge in [-0.25, -0.2) is 8.78 Å². The van der Waals surface area contributed by atoms with E-state index in [0.29, 0.717) is 12.8 Å². The van der Waals surface area contributed by atoms with E-state index in [1.165, 1.54) is 6.92 Å². The molecule has 0 unspecified atom stereocenters. The number of esters is 1. The summed E-state index contributed by atoms with van der Waals surface area (Å²) in [6, 6.07) is 2.73. The minimum Gasteiger partial charge on any atom is -0.452 e. The van der Waals surface area contributed by atoms with E-state index >= 15 is 0 Å². The average molecular weight is 309 g/mol. The smallest absolute Gasteiger partial charge is 0.310 e. The van der Waals surface area contributed by atoms with E-state index in [1.54, 1.807) is 0 Å². The number of carbonyl (C=O) groups is 2. The van der Waals surface area contributed by atoms with Crippen molar-refractivity contribution < 1.29 is 23.1 Å². The summed E-state index contributed by atoms with van der Waals surface area (Å²) in [6.45, 7) is 1.39. The van der Waals surface area contributed by atoms with Crippen LogP contribution >= 0.6 is 0 Å². The first-order valence-corrected chi connectivity index (χ1v) is 7.09. The number of carbonyl (C=O) groups excluding carboxylic acids is 2. The molecule has 0 saturated carbocycles. The molecule has 118 valence electrons. The molecule has 0 saturated heterocycles. The van der Waals surface area contributed by atoms with E-state index in [0.717, 1.165) is 24.6 Å². The Morgan fingerprint density at radius 2 is 2.09 bits per heavy atom. The summed E-state index contributed by atoms with van der Waals surface area (Å²) < 4.78 is 31.6. The van der Waals surface area contributed by atoms with Gasteiger partial charge in [-0.2, -0.15) is 0 Å². The van der Waals surface area contributed by atoms with E-state index in [2.05, 4.69) is 5.32 Å². The van der Waals surface area contributed by atoms with Crippen LogP contribution < -0.4 is 5.32 Å². The number of nitrogens with one attached hydrogen (secondary N) is 1. The fraction of sp³-hybridized carbons (Fsp3) is 0.375. The Hall–Kier alpha value is -2.24. The van der Waals surface area contributed by atoms with Crippen LogP contribution in [0, 0.1) is 17.6 Å². The van der Waals surface area contributed by atoms with Crippen LogP contribution in [-0.4, -0.2) is 18.0 Å². The lowest BCUT2D eigenvalue weighted by molar-refractivity contribution is -0.157. The second-order valence-electron chi connectivity index (χ2n) is 5.17. The Labute approximate surface area is 127 Å².